The Kier molecular flexibility index (Phi) is 4.43. The number of carbonyl (C=O) groups is 2. The highest BCUT2D eigenvalue weighted by Gasteiger charge is 2.53. The Morgan fingerprint density at radius 3 is 2.47 bits per heavy atom. The van der Waals surface area contributed by atoms with Crippen molar-refractivity contribution in [2.24, 2.45) is 11.3 Å². The van der Waals surface area contributed by atoms with Gasteiger partial charge in [0, 0.05) is 5.92 Å². The van der Waals surface area contributed by atoms with Crippen LogP contribution in [0.2, 0.25) is 0 Å². The van der Waals surface area contributed by atoms with E-state index in [1.54, 1.807) is 6.92 Å². The summed E-state index contributed by atoms with van der Waals surface area (Å²) in [5.41, 5.74) is -0.237. The molecular weight excluding hydrogens is 240 g/mol. The van der Waals surface area contributed by atoms with Gasteiger partial charge in [0.15, 0.2) is 5.78 Å². The molecule has 0 spiro atoms. The van der Waals surface area contributed by atoms with Crippen molar-refractivity contribution in [3.05, 3.63) is 12.2 Å². The van der Waals surface area contributed by atoms with Crippen molar-refractivity contribution in [1.82, 2.24) is 0 Å². The van der Waals surface area contributed by atoms with E-state index in [4.69, 9.17) is 4.74 Å². The highest BCUT2D eigenvalue weighted by molar-refractivity contribution is 6.08. The maximum Gasteiger partial charge on any atom is 0.323 e. The second kappa shape index (κ2) is 5.89. The zero-order chi connectivity index (χ0) is 13.9. The molecule has 0 N–H and O–H groups in total. The smallest absolute Gasteiger partial charge is 0.323 e. The SMILES string of the molecule is C=C1CCCC1(C(=O)OCC)C(=O)C1CCCCC1. The summed E-state index contributed by atoms with van der Waals surface area (Å²) in [6.07, 6.45) is 7.49. The number of ether oxygens (including phenoxy) is 1. The number of ketones is 1. The zero-order valence-corrected chi connectivity index (χ0v) is 11.9. The average Bonchev–Trinajstić information content (AvgIpc) is 2.82. The lowest BCUT2D eigenvalue weighted by molar-refractivity contribution is -0.158. The Hall–Kier alpha value is -1.12. The summed E-state index contributed by atoms with van der Waals surface area (Å²) in [5.74, 6) is -0.228. The first kappa shape index (κ1) is 14.3. The van der Waals surface area contributed by atoms with E-state index in [-0.39, 0.29) is 17.7 Å². The number of hydrogen-bond donors (Lipinski definition) is 0. The minimum atomic E-state index is -1.02. The van der Waals surface area contributed by atoms with Crippen molar-refractivity contribution in [3.8, 4) is 0 Å². The molecule has 0 saturated heterocycles. The molecule has 2 fully saturated rings. The minimum absolute atomic E-state index is 0.0352. The maximum absolute atomic E-state index is 12.9. The fourth-order valence-corrected chi connectivity index (χ4v) is 3.57. The van der Waals surface area contributed by atoms with E-state index in [0.717, 1.165) is 44.1 Å². The quantitative estimate of drug-likeness (QED) is 0.444. The van der Waals surface area contributed by atoms with Crippen LogP contribution in [0.3, 0.4) is 0 Å². The summed E-state index contributed by atoms with van der Waals surface area (Å²) >= 11 is 0. The van der Waals surface area contributed by atoms with E-state index >= 15 is 0 Å². The lowest BCUT2D eigenvalue weighted by atomic mass is 9.70. The van der Waals surface area contributed by atoms with Gasteiger partial charge < -0.3 is 4.74 Å². The molecule has 0 aliphatic heterocycles. The summed E-state index contributed by atoms with van der Waals surface area (Å²) in [4.78, 5) is 25.2. The Labute approximate surface area is 115 Å². The molecule has 0 radical (unpaired) electrons. The average molecular weight is 264 g/mol. The van der Waals surface area contributed by atoms with E-state index in [1.807, 2.05) is 0 Å². The van der Waals surface area contributed by atoms with Crippen molar-refractivity contribution < 1.29 is 14.3 Å². The summed E-state index contributed by atoms with van der Waals surface area (Å²) in [6, 6.07) is 0. The molecule has 0 amide bonds. The first-order chi connectivity index (χ1) is 9.13. The molecule has 19 heavy (non-hydrogen) atoms. The van der Waals surface area contributed by atoms with Gasteiger partial charge in [-0.2, -0.15) is 0 Å². The van der Waals surface area contributed by atoms with Gasteiger partial charge in [0.2, 0.25) is 0 Å². The summed E-state index contributed by atoms with van der Waals surface area (Å²) in [6.45, 7) is 6.12. The van der Waals surface area contributed by atoms with Crippen LogP contribution in [0.4, 0.5) is 0 Å². The molecule has 0 aromatic rings. The monoisotopic (exact) mass is 264 g/mol. The standard InChI is InChI=1S/C16H24O3/c1-3-19-15(18)16(11-7-8-12(16)2)14(17)13-9-5-4-6-10-13/h13H,2-11H2,1H3. The fourth-order valence-electron chi connectivity index (χ4n) is 3.57. The van der Waals surface area contributed by atoms with Gasteiger partial charge in [0.1, 0.15) is 5.41 Å². The van der Waals surface area contributed by atoms with Crippen molar-refractivity contribution in [2.45, 2.75) is 58.3 Å². The van der Waals surface area contributed by atoms with Gasteiger partial charge in [0.25, 0.3) is 0 Å². The van der Waals surface area contributed by atoms with Crippen LogP contribution in [0.5, 0.6) is 0 Å². The summed E-state index contributed by atoms with van der Waals surface area (Å²) in [5, 5.41) is 0. The largest absolute Gasteiger partial charge is 0.465 e. The van der Waals surface area contributed by atoms with Crippen LogP contribution in [-0.2, 0) is 14.3 Å². The van der Waals surface area contributed by atoms with E-state index in [0.29, 0.717) is 13.0 Å². The number of esters is 1. The molecule has 3 nitrogen and oxygen atoms in total. The molecule has 2 aliphatic rings. The van der Waals surface area contributed by atoms with Crippen molar-refractivity contribution in [1.29, 1.82) is 0 Å². The maximum atomic E-state index is 12.9. The predicted molar refractivity (Wildman–Crippen MR) is 73.6 cm³/mol. The number of carbonyl (C=O) groups excluding carboxylic acids is 2. The topological polar surface area (TPSA) is 43.4 Å². The van der Waals surface area contributed by atoms with E-state index < -0.39 is 5.41 Å². The van der Waals surface area contributed by atoms with Gasteiger partial charge in [-0.3, -0.25) is 9.59 Å². The number of rotatable bonds is 4. The summed E-state index contributed by atoms with van der Waals surface area (Å²) in [7, 11) is 0. The van der Waals surface area contributed by atoms with Gasteiger partial charge in [0.05, 0.1) is 6.61 Å². The Bertz CT molecular complexity index is 379. The minimum Gasteiger partial charge on any atom is -0.465 e. The second-order valence-corrected chi connectivity index (χ2v) is 5.78. The third kappa shape index (κ3) is 2.47. The van der Waals surface area contributed by atoms with E-state index in [2.05, 4.69) is 6.58 Å². The molecule has 2 rings (SSSR count). The van der Waals surface area contributed by atoms with Gasteiger partial charge in [-0.1, -0.05) is 31.4 Å². The van der Waals surface area contributed by atoms with Crippen molar-refractivity contribution in [2.75, 3.05) is 6.61 Å². The van der Waals surface area contributed by atoms with Gasteiger partial charge >= 0.3 is 5.97 Å². The number of hydrogen-bond acceptors (Lipinski definition) is 3. The highest BCUT2D eigenvalue weighted by atomic mass is 16.5. The van der Waals surface area contributed by atoms with Crippen LogP contribution in [0.15, 0.2) is 12.2 Å². The zero-order valence-electron chi connectivity index (χ0n) is 11.9. The van der Waals surface area contributed by atoms with Crippen molar-refractivity contribution in [3.63, 3.8) is 0 Å². The Morgan fingerprint density at radius 1 is 1.26 bits per heavy atom. The summed E-state index contributed by atoms with van der Waals surface area (Å²) < 4.78 is 5.19. The first-order valence-corrected chi connectivity index (χ1v) is 7.52. The lowest BCUT2D eigenvalue weighted by Gasteiger charge is -2.32. The molecule has 2 saturated carbocycles. The van der Waals surface area contributed by atoms with Gasteiger partial charge in [-0.05, 0) is 39.0 Å². The van der Waals surface area contributed by atoms with E-state index in [1.165, 1.54) is 6.42 Å². The predicted octanol–water partition coefficient (Wildman–Crippen LogP) is 3.43. The second-order valence-electron chi connectivity index (χ2n) is 5.78. The molecule has 1 unspecified atom stereocenters. The number of Topliss-reactive ketones (excluding diaryl/α,β-unsaturated/α-hetero) is 1. The van der Waals surface area contributed by atoms with Crippen LogP contribution in [0, 0.1) is 11.3 Å². The molecule has 1 atom stereocenters. The molecule has 2 aliphatic carbocycles. The van der Waals surface area contributed by atoms with Crippen LogP contribution < -0.4 is 0 Å². The first-order valence-electron chi connectivity index (χ1n) is 7.52. The molecule has 106 valence electrons. The van der Waals surface area contributed by atoms with Crippen LogP contribution >= 0.6 is 0 Å². The molecule has 3 heteroatoms. The van der Waals surface area contributed by atoms with Gasteiger partial charge in [-0.15, -0.1) is 0 Å². The third-order valence-electron chi connectivity index (χ3n) is 4.65. The van der Waals surface area contributed by atoms with Crippen LogP contribution in [-0.4, -0.2) is 18.4 Å². The van der Waals surface area contributed by atoms with Crippen LogP contribution in [0.25, 0.3) is 0 Å². The lowest BCUT2D eigenvalue weighted by Crippen LogP contribution is -2.43. The Morgan fingerprint density at radius 2 is 1.95 bits per heavy atom. The molecule has 0 bridgehead atoms. The molecule has 0 heterocycles. The third-order valence-corrected chi connectivity index (χ3v) is 4.65. The molecular formula is C16H24O3. The normalized spacial score (nSPS) is 28.4. The Balaban J connectivity index is 2.24. The fraction of sp³-hybridized carbons (Fsp3) is 0.750. The van der Waals surface area contributed by atoms with Crippen LogP contribution in [0.1, 0.15) is 58.3 Å². The highest BCUT2D eigenvalue weighted by Crippen LogP contribution is 2.47. The van der Waals surface area contributed by atoms with Gasteiger partial charge in [-0.25, -0.2) is 0 Å². The van der Waals surface area contributed by atoms with E-state index in [9.17, 15) is 9.59 Å². The molecule has 0 aromatic heterocycles. The van der Waals surface area contributed by atoms with Crippen molar-refractivity contribution >= 4 is 11.8 Å². The molecule has 0 aromatic carbocycles.